The molecule has 0 fully saturated rings. The van der Waals surface area contributed by atoms with Gasteiger partial charge in [0, 0.05) is 6.04 Å². The summed E-state index contributed by atoms with van der Waals surface area (Å²) in [6, 6.07) is 4.54. The van der Waals surface area contributed by atoms with Gasteiger partial charge in [0.15, 0.2) is 0 Å². The van der Waals surface area contributed by atoms with E-state index in [-0.39, 0.29) is 16.9 Å². The molecule has 0 aliphatic heterocycles. The Balaban J connectivity index is 2.98. The van der Waals surface area contributed by atoms with Crippen LogP contribution in [0.2, 0.25) is 0 Å². The minimum Gasteiger partial charge on any atom is -0.481 e. The fourth-order valence-corrected chi connectivity index (χ4v) is 2.83. The maximum Gasteiger partial charge on any atom is 0.337 e. The molecule has 0 bridgehead atoms. The standard InChI is InChI=1S/C12H15NO6S/c1-8(6-11(14)15)13-20(17,18)10-5-3-4-9(7-10)12(16)19-2/h3-5,7-8,13H,6H2,1-2H3,(H,14,15). The number of carbonyl (C=O) groups excluding carboxylic acids is 1. The molecule has 0 saturated heterocycles. The summed E-state index contributed by atoms with van der Waals surface area (Å²) in [6.45, 7) is 1.44. The number of nitrogens with one attached hydrogen (secondary N) is 1. The van der Waals surface area contributed by atoms with Crippen LogP contribution in [0.25, 0.3) is 0 Å². The molecule has 2 N–H and O–H groups in total. The maximum absolute atomic E-state index is 12.0. The lowest BCUT2D eigenvalue weighted by Gasteiger charge is -2.12. The first kappa shape index (κ1) is 16.1. The second-order valence-corrected chi connectivity index (χ2v) is 5.85. The molecule has 8 heteroatoms. The molecule has 1 rings (SSSR count). The Morgan fingerprint density at radius 1 is 1.40 bits per heavy atom. The monoisotopic (exact) mass is 301 g/mol. The molecular formula is C12H15NO6S. The van der Waals surface area contributed by atoms with Gasteiger partial charge in [0.05, 0.1) is 24.0 Å². The zero-order valence-electron chi connectivity index (χ0n) is 11.0. The van der Waals surface area contributed by atoms with Crippen molar-refractivity contribution in [1.82, 2.24) is 4.72 Å². The third-order valence-corrected chi connectivity index (χ3v) is 3.99. The largest absolute Gasteiger partial charge is 0.481 e. The van der Waals surface area contributed by atoms with Crippen LogP contribution in [0, 0.1) is 0 Å². The van der Waals surface area contributed by atoms with Gasteiger partial charge in [-0.25, -0.2) is 17.9 Å². The van der Waals surface area contributed by atoms with Crippen LogP contribution in [0.3, 0.4) is 0 Å². The van der Waals surface area contributed by atoms with E-state index in [1.165, 1.54) is 38.3 Å². The average molecular weight is 301 g/mol. The first-order valence-corrected chi connectivity index (χ1v) is 7.17. The van der Waals surface area contributed by atoms with Crippen molar-refractivity contribution in [3.05, 3.63) is 29.8 Å². The van der Waals surface area contributed by atoms with Crippen LogP contribution >= 0.6 is 0 Å². The SMILES string of the molecule is COC(=O)c1cccc(S(=O)(=O)NC(C)CC(=O)O)c1. The molecule has 0 aliphatic rings. The second kappa shape index (κ2) is 6.49. The van der Waals surface area contributed by atoms with E-state index in [1.807, 2.05) is 0 Å². The molecule has 0 heterocycles. The van der Waals surface area contributed by atoms with Gasteiger partial charge in [-0.15, -0.1) is 0 Å². The smallest absolute Gasteiger partial charge is 0.337 e. The minimum atomic E-state index is -3.89. The van der Waals surface area contributed by atoms with Gasteiger partial charge in [0.25, 0.3) is 0 Å². The number of aliphatic carboxylic acids is 1. The highest BCUT2D eigenvalue weighted by Crippen LogP contribution is 2.13. The first-order valence-electron chi connectivity index (χ1n) is 5.69. The van der Waals surface area contributed by atoms with Gasteiger partial charge in [0.2, 0.25) is 10.0 Å². The van der Waals surface area contributed by atoms with Crippen molar-refractivity contribution in [2.45, 2.75) is 24.3 Å². The molecule has 20 heavy (non-hydrogen) atoms. The lowest BCUT2D eigenvalue weighted by atomic mass is 10.2. The summed E-state index contributed by atoms with van der Waals surface area (Å²) >= 11 is 0. The van der Waals surface area contributed by atoms with Gasteiger partial charge in [0.1, 0.15) is 0 Å². The summed E-state index contributed by atoms with van der Waals surface area (Å²) in [6.07, 6.45) is -0.337. The third kappa shape index (κ3) is 4.32. The Hall–Kier alpha value is -1.93. The van der Waals surface area contributed by atoms with Gasteiger partial charge in [-0.2, -0.15) is 0 Å². The van der Waals surface area contributed by atoms with Crippen molar-refractivity contribution in [3.63, 3.8) is 0 Å². The summed E-state index contributed by atoms with van der Waals surface area (Å²) in [5.41, 5.74) is 0.0984. The highest BCUT2D eigenvalue weighted by molar-refractivity contribution is 7.89. The van der Waals surface area contributed by atoms with Crippen LogP contribution in [0.5, 0.6) is 0 Å². The normalized spacial score (nSPS) is 12.7. The summed E-state index contributed by atoms with van der Waals surface area (Å²) in [5.74, 6) is -1.76. The van der Waals surface area contributed by atoms with Gasteiger partial charge in [-0.05, 0) is 25.1 Å². The van der Waals surface area contributed by atoms with Crippen molar-refractivity contribution in [3.8, 4) is 0 Å². The van der Waals surface area contributed by atoms with Gasteiger partial charge in [-0.1, -0.05) is 6.07 Å². The highest BCUT2D eigenvalue weighted by Gasteiger charge is 2.20. The van der Waals surface area contributed by atoms with Crippen LogP contribution in [-0.2, 0) is 19.6 Å². The molecule has 7 nitrogen and oxygen atoms in total. The predicted molar refractivity (Wildman–Crippen MR) is 69.8 cm³/mol. The van der Waals surface area contributed by atoms with Crippen molar-refractivity contribution < 1.29 is 27.9 Å². The van der Waals surface area contributed by atoms with Crippen LogP contribution in [0.1, 0.15) is 23.7 Å². The molecule has 0 saturated carbocycles. The van der Waals surface area contributed by atoms with Crippen LogP contribution in [0.15, 0.2) is 29.2 Å². The Kier molecular flexibility index (Phi) is 5.23. The Labute approximate surface area is 116 Å². The number of sulfonamides is 1. The van der Waals surface area contributed by atoms with E-state index in [1.54, 1.807) is 0 Å². The second-order valence-electron chi connectivity index (χ2n) is 4.14. The topological polar surface area (TPSA) is 110 Å². The number of methoxy groups -OCH3 is 1. The number of carboxylic acid groups (broad SMARTS) is 1. The van der Waals surface area contributed by atoms with E-state index < -0.39 is 28.0 Å². The summed E-state index contributed by atoms with van der Waals surface area (Å²) in [5, 5.41) is 8.60. The van der Waals surface area contributed by atoms with E-state index in [4.69, 9.17) is 5.11 Å². The van der Waals surface area contributed by atoms with E-state index in [2.05, 4.69) is 9.46 Å². The molecule has 0 aliphatic carbocycles. The lowest BCUT2D eigenvalue weighted by molar-refractivity contribution is -0.137. The van der Waals surface area contributed by atoms with E-state index in [9.17, 15) is 18.0 Å². The number of hydrogen-bond acceptors (Lipinski definition) is 5. The first-order chi connectivity index (χ1) is 9.26. The van der Waals surface area contributed by atoms with E-state index in [0.29, 0.717) is 0 Å². The number of benzene rings is 1. The minimum absolute atomic E-state index is 0.0984. The number of hydrogen-bond donors (Lipinski definition) is 2. The average Bonchev–Trinajstić information content (AvgIpc) is 2.36. The molecule has 1 unspecified atom stereocenters. The Bertz CT molecular complexity index is 610. The van der Waals surface area contributed by atoms with Crippen molar-refractivity contribution >= 4 is 22.0 Å². The van der Waals surface area contributed by atoms with E-state index >= 15 is 0 Å². The molecule has 0 spiro atoms. The molecular weight excluding hydrogens is 286 g/mol. The fourth-order valence-electron chi connectivity index (χ4n) is 1.54. The van der Waals surface area contributed by atoms with Crippen LogP contribution < -0.4 is 4.72 Å². The van der Waals surface area contributed by atoms with Crippen LogP contribution in [-0.4, -0.2) is 38.6 Å². The summed E-state index contributed by atoms with van der Waals surface area (Å²) in [4.78, 5) is 21.7. The highest BCUT2D eigenvalue weighted by atomic mass is 32.2. The molecule has 1 aromatic carbocycles. The molecule has 1 atom stereocenters. The lowest BCUT2D eigenvalue weighted by Crippen LogP contribution is -2.34. The molecule has 1 aromatic rings. The zero-order valence-corrected chi connectivity index (χ0v) is 11.8. The molecule has 0 radical (unpaired) electrons. The summed E-state index contributed by atoms with van der Waals surface area (Å²) in [7, 11) is -2.70. The number of ether oxygens (including phenoxy) is 1. The number of carbonyl (C=O) groups is 2. The Morgan fingerprint density at radius 2 is 2.05 bits per heavy atom. The van der Waals surface area contributed by atoms with Crippen LogP contribution in [0.4, 0.5) is 0 Å². The van der Waals surface area contributed by atoms with Gasteiger partial charge >= 0.3 is 11.9 Å². The fraction of sp³-hybridized carbons (Fsp3) is 0.333. The number of carboxylic acids is 1. The zero-order chi connectivity index (χ0) is 15.3. The van der Waals surface area contributed by atoms with Gasteiger partial charge in [-0.3, -0.25) is 4.79 Å². The van der Waals surface area contributed by atoms with Crippen molar-refractivity contribution in [2.75, 3.05) is 7.11 Å². The third-order valence-electron chi connectivity index (χ3n) is 2.40. The molecule has 0 amide bonds. The molecule has 110 valence electrons. The Morgan fingerprint density at radius 3 is 2.60 bits per heavy atom. The maximum atomic E-state index is 12.0. The van der Waals surface area contributed by atoms with Gasteiger partial charge < -0.3 is 9.84 Å². The van der Waals surface area contributed by atoms with Crippen molar-refractivity contribution in [1.29, 1.82) is 0 Å². The van der Waals surface area contributed by atoms with Crippen molar-refractivity contribution in [2.24, 2.45) is 0 Å². The molecule has 0 aromatic heterocycles. The van der Waals surface area contributed by atoms with E-state index in [0.717, 1.165) is 0 Å². The quantitative estimate of drug-likeness (QED) is 0.745. The number of rotatable bonds is 6. The predicted octanol–water partition coefficient (Wildman–Crippen LogP) is 0.615. The summed E-state index contributed by atoms with van der Waals surface area (Å²) < 4.78 is 30.8. The number of esters is 1.